The van der Waals surface area contributed by atoms with E-state index in [4.69, 9.17) is 0 Å². The van der Waals surface area contributed by atoms with E-state index >= 15 is 0 Å². The number of aromatic nitrogens is 2. The molecule has 1 N–H and O–H groups in total. The van der Waals surface area contributed by atoms with Gasteiger partial charge in [0.15, 0.2) is 0 Å². The molecule has 0 spiro atoms. The summed E-state index contributed by atoms with van der Waals surface area (Å²) in [5.74, 6) is 0.818. The largest absolute Gasteiger partial charge is 0.348 e. The molecule has 1 aliphatic heterocycles. The smallest absolute Gasteiger partial charge is 0.252 e. The van der Waals surface area contributed by atoms with Gasteiger partial charge in [0.05, 0.1) is 5.69 Å². The average molecular weight is 374 g/mol. The molecule has 7 nitrogen and oxygen atoms in total. The summed E-state index contributed by atoms with van der Waals surface area (Å²) in [5, 5.41) is 0. The number of allylic oxidation sites excluding steroid dienone is 1. The number of aromatic amines is 1. The highest BCUT2D eigenvalue weighted by Gasteiger charge is 2.29. The first-order valence-electron chi connectivity index (χ1n) is 9.86. The Balaban J connectivity index is 1.56. The summed E-state index contributed by atoms with van der Waals surface area (Å²) in [6.07, 6.45) is 8.45. The molecule has 0 radical (unpaired) electrons. The highest BCUT2D eigenvalue weighted by molar-refractivity contribution is 5.79. The zero-order chi connectivity index (χ0) is 19.4. The van der Waals surface area contributed by atoms with Crippen LogP contribution < -0.4 is 10.5 Å². The second-order valence-electron chi connectivity index (χ2n) is 7.94. The minimum atomic E-state index is -0.138. The standard InChI is InChI=1S/C20H31N5O2/c1-23(2)20-21-16(12-18(26)22-20)13-24(3)17-9-10-25(14-17)19(27)11-15-7-5-4-6-8-15/h7,12,17H,4-6,8-11,13-14H2,1-3H3,(H,21,22,26)/t17-/m1/s1. The molecular formula is C20H31N5O2. The predicted molar refractivity (Wildman–Crippen MR) is 107 cm³/mol. The van der Waals surface area contributed by atoms with Gasteiger partial charge in [-0.15, -0.1) is 0 Å². The highest BCUT2D eigenvalue weighted by Crippen LogP contribution is 2.23. The van der Waals surface area contributed by atoms with Gasteiger partial charge in [0, 0.05) is 52.3 Å². The number of likely N-dealkylation sites (tertiary alicyclic amines) is 1. The van der Waals surface area contributed by atoms with Crippen LogP contribution in [0.4, 0.5) is 5.95 Å². The van der Waals surface area contributed by atoms with Crippen LogP contribution in [0.2, 0.25) is 0 Å². The quantitative estimate of drug-likeness (QED) is 0.770. The van der Waals surface area contributed by atoms with Gasteiger partial charge in [0.25, 0.3) is 5.56 Å². The van der Waals surface area contributed by atoms with Crippen molar-refractivity contribution in [1.82, 2.24) is 19.8 Å². The molecule has 1 amide bonds. The molecule has 1 saturated heterocycles. The second-order valence-corrected chi connectivity index (χ2v) is 7.94. The molecule has 7 heteroatoms. The van der Waals surface area contributed by atoms with E-state index in [1.807, 2.05) is 26.0 Å². The first-order valence-corrected chi connectivity index (χ1v) is 9.86. The van der Waals surface area contributed by atoms with Crippen molar-refractivity contribution in [1.29, 1.82) is 0 Å². The fourth-order valence-corrected chi connectivity index (χ4v) is 3.87. The van der Waals surface area contributed by atoms with Gasteiger partial charge in [0.2, 0.25) is 11.9 Å². The van der Waals surface area contributed by atoms with E-state index in [1.165, 1.54) is 18.4 Å². The first-order chi connectivity index (χ1) is 12.9. The van der Waals surface area contributed by atoms with E-state index in [-0.39, 0.29) is 11.5 Å². The van der Waals surface area contributed by atoms with Gasteiger partial charge < -0.3 is 9.80 Å². The average Bonchev–Trinajstić information content (AvgIpc) is 3.12. The molecule has 1 aromatic rings. The zero-order valence-corrected chi connectivity index (χ0v) is 16.7. The Bertz CT molecular complexity index is 755. The summed E-state index contributed by atoms with van der Waals surface area (Å²) in [7, 11) is 5.75. The minimum Gasteiger partial charge on any atom is -0.348 e. The number of carbonyl (C=O) groups is 1. The summed E-state index contributed by atoms with van der Waals surface area (Å²) in [5.41, 5.74) is 1.93. The molecule has 1 atom stereocenters. The Labute approximate surface area is 161 Å². The van der Waals surface area contributed by atoms with Gasteiger partial charge in [-0.1, -0.05) is 11.6 Å². The highest BCUT2D eigenvalue weighted by atomic mass is 16.2. The number of hydrogen-bond donors (Lipinski definition) is 1. The van der Waals surface area contributed by atoms with Crippen molar-refractivity contribution in [2.24, 2.45) is 0 Å². The number of anilines is 1. The number of nitrogens with one attached hydrogen (secondary N) is 1. The molecule has 0 unspecified atom stereocenters. The summed E-state index contributed by atoms with van der Waals surface area (Å²) in [6, 6.07) is 1.86. The zero-order valence-electron chi connectivity index (χ0n) is 16.7. The molecule has 2 heterocycles. The maximum Gasteiger partial charge on any atom is 0.252 e. The molecule has 0 saturated carbocycles. The monoisotopic (exact) mass is 373 g/mol. The lowest BCUT2D eigenvalue weighted by Gasteiger charge is -2.25. The van der Waals surface area contributed by atoms with E-state index in [2.05, 4.69) is 20.9 Å². The van der Waals surface area contributed by atoms with Crippen LogP contribution in [0.15, 0.2) is 22.5 Å². The third-order valence-electron chi connectivity index (χ3n) is 5.52. The fraction of sp³-hybridized carbons (Fsp3) is 0.650. The van der Waals surface area contributed by atoms with Crippen LogP contribution in [0, 0.1) is 0 Å². The Morgan fingerprint density at radius 3 is 2.85 bits per heavy atom. The number of nitrogens with zero attached hydrogens (tertiary/aromatic N) is 4. The Kier molecular flexibility index (Phi) is 6.31. The Hall–Kier alpha value is -2.15. The summed E-state index contributed by atoms with van der Waals surface area (Å²) in [6.45, 7) is 2.17. The van der Waals surface area contributed by atoms with Gasteiger partial charge in [0.1, 0.15) is 0 Å². The normalized spacial score (nSPS) is 20.1. The maximum absolute atomic E-state index is 12.6. The number of rotatable bonds is 6. The summed E-state index contributed by atoms with van der Waals surface area (Å²) < 4.78 is 0. The molecule has 3 rings (SSSR count). The number of H-pyrrole nitrogens is 1. The molecule has 0 aromatic carbocycles. The van der Waals surface area contributed by atoms with Gasteiger partial charge in [-0.2, -0.15) is 0 Å². The lowest BCUT2D eigenvalue weighted by atomic mass is 9.97. The van der Waals surface area contributed by atoms with Gasteiger partial charge in [-0.25, -0.2) is 4.98 Å². The van der Waals surface area contributed by atoms with Crippen molar-refractivity contribution in [3.63, 3.8) is 0 Å². The molecule has 1 aliphatic carbocycles. The van der Waals surface area contributed by atoms with Crippen molar-refractivity contribution in [3.05, 3.63) is 33.8 Å². The van der Waals surface area contributed by atoms with Crippen LogP contribution in [-0.4, -0.2) is 65.9 Å². The number of carbonyl (C=O) groups excluding carboxylic acids is 1. The number of hydrogen-bond acceptors (Lipinski definition) is 5. The van der Waals surface area contributed by atoms with E-state index in [1.54, 1.807) is 11.0 Å². The molecule has 1 aromatic heterocycles. The fourth-order valence-electron chi connectivity index (χ4n) is 3.87. The molecule has 148 valence electrons. The van der Waals surface area contributed by atoms with E-state index in [9.17, 15) is 9.59 Å². The maximum atomic E-state index is 12.6. The van der Waals surface area contributed by atoms with Gasteiger partial charge >= 0.3 is 0 Å². The molecule has 2 aliphatic rings. The third-order valence-corrected chi connectivity index (χ3v) is 5.52. The second kappa shape index (κ2) is 8.69. The van der Waals surface area contributed by atoms with Gasteiger partial charge in [-0.05, 0) is 39.2 Å². The topological polar surface area (TPSA) is 72.5 Å². The van der Waals surface area contributed by atoms with Crippen molar-refractivity contribution < 1.29 is 4.79 Å². The van der Waals surface area contributed by atoms with Crippen LogP contribution in [-0.2, 0) is 11.3 Å². The first kappa shape index (κ1) is 19.6. The molecule has 27 heavy (non-hydrogen) atoms. The van der Waals surface area contributed by atoms with Crippen LogP contribution in [0.1, 0.15) is 44.2 Å². The summed E-state index contributed by atoms with van der Waals surface area (Å²) >= 11 is 0. The SMILES string of the molecule is CN(C)c1nc(CN(C)[C@@H]2CCN(C(=O)CC3=CCCCC3)C2)cc(=O)[nH]1. The van der Waals surface area contributed by atoms with Gasteiger partial charge in [-0.3, -0.25) is 19.5 Å². The van der Waals surface area contributed by atoms with Crippen molar-refractivity contribution in [2.75, 3.05) is 39.1 Å². The van der Waals surface area contributed by atoms with Crippen LogP contribution in [0.25, 0.3) is 0 Å². The molecule has 0 bridgehead atoms. The van der Waals surface area contributed by atoms with Crippen molar-refractivity contribution in [3.8, 4) is 0 Å². The van der Waals surface area contributed by atoms with E-state index in [0.29, 0.717) is 25.0 Å². The third kappa shape index (κ3) is 5.19. The lowest BCUT2D eigenvalue weighted by Crippen LogP contribution is -2.36. The minimum absolute atomic E-state index is 0.138. The lowest BCUT2D eigenvalue weighted by molar-refractivity contribution is -0.129. The molecule has 1 fully saturated rings. The number of amides is 1. The van der Waals surface area contributed by atoms with Crippen LogP contribution in [0.3, 0.4) is 0 Å². The van der Waals surface area contributed by atoms with E-state index < -0.39 is 0 Å². The Morgan fingerprint density at radius 1 is 1.33 bits per heavy atom. The predicted octanol–water partition coefficient (Wildman–Crippen LogP) is 1.76. The van der Waals surface area contributed by atoms with Crippen molar-refractivity contribution in [2.45, 2.75) is 51.1 Å². The molecular weight excluding hydrogens is 342 g/mol. The summed E-state index contributed by atoms with van der Waals surface area (Å²) in [4.78, 5) is 37.7. The van der Waals surface area contributed by atoms with E-state index in [0.717, 1.165) is 38.0 Å². The number of likely N-dealkylation sites (N-methyl/N-ethyl adjacent to an activating group) is 1. The van der Waals surface area contributed by atoms with Crippen molar-refractivity contribution >= 4 is 11.9 Å². The van der Waals surface area contributed by atoms with Crippen LogP contribution in [0.5, 0.6) is 0 Å². The Morgan fingerprint density at radius 2 is 2.15 bits per heavy atom. The van der Waals surface area contributed by atoms with Crippen LogP contribution >= 0.6 is 0 Å².